The molecule has 0 spiro atoms. The second kappa shape index (κ2) is 6.23. The number of aromatic nitrogens is 3. The summed E-state index contributed by atoms with van der Waals surface area (Å²) in [4.78, 5) is 24.4. The van der Waals surface area contributed by atoms with Crippen molar-refractivity contribution < 1.29 is 0 Å². The second-order valence-electron chi connectivity index (χ2n) is 10.1. The van der Waals surface area contributed by atoms with E-state index >= 15 is 0 Å². The van der Waals surface area contributed by atoms with Crippen LogP contribution < -0.4 is 11.4 Å². The highest BCUT2D eigenvalue weighted by atomic mass is 16.2. The predicted molar refractivity (Wildman–Crippen MR) is 112 cm³/mol. The minimum Gasteiger partial charge on any atom is -0.247 e. The molecule has 0 radical (unpaired) electrons. The standard InChI is InChI=1S/C23H33N3O2/c1-15(2)16-7-8-18-17(13-16)9-12-23(5)21(3,10-6-11-22(18,23)4)14-26-19(27)24-25-20(26)28/h7-8,13,15H,6,9-12,14H2,1-5H3,(H,24,27)(H,25,28)/t21-,22+,23+/m1/s1. The number of fused-ring (bicyclic) bond motifs is 3. The first kappa shape index (κ1) is 19.3. The van der Waals surface area contributed by atoms with Gasteiger partial charge in [-0.2, -0.15) is 0 Å². The van der Waals surface area contributed by atoms with Crippen molar-refractivity contribution in [1.82, 2.24) is 14.8 Å². The van der Waals surface area contributed by atoms with Crippen molar-refractivity contribution in [2.24, 2.45) is 10.8 Å². The first-order valence-electron chi connectivity index (χ1n) is 10.6. The van der Waals surface area contributed by atoms with Gasteiger partial charge in [-0.25, -0.2) is 24.4 Å². The van der Waals surface area contributed by atoms with Crippen LogP contribution in [-0.2, 0) is 18.4 Å². The van der Waals surface area contributed by atoms with Gasteiger partial charge in [0.05, 0.1) is 0 Å². The molecule has 1 aromatic heterocycles. The molecule has 2 N–H and O–H groups in total. The minimum absolute atomic E-state index is 0.0216. The van der Waals surface area contributed by atoms with Crippen molar-refractivity contribution in [3.63, 3.8) is 0 Å². The van der Waals surface area contributed by atoms with Gasteiger partial charge in [0.25, 0.3) is 0 Å². The van der Waals surface area contributed by atoms with Gasteiger partial charge in [0.2, 0.25) is 0 Å². The first-order chi connectivity index (χ1) is 13.1. The lowest BCUT2D eigenvalue weighted by atomic mass is 9.41. The molecule has 3 atom stereocenters. The normalized spacial score (nSPS) is 32.2. The third-order valence-electron chi connectivity index (χ3n) is 8.51. The lowest BCUT2D eigenvalue weighted by Crippen LogP contribution is -2.59. The molecule has 5 nitrogen and oxygen atoms in total. The Hall–Kier alpha value is -2.04. The van der Waals surface area contributed by atoms with Crippen LogP contribution in [0.3, 0.4) is 0 Å². The van der Waals surface area contributed by atoms with Crippen molar-refractivity contribution >= 4 is 0 Å². The third-order valence-corrected chi connectivity index (χ3v) is 8.51. The van der Waals surface area contributed by atoms with Crippen LogP contribution in [0.2, 0.25) is 0 Å². The average molecular weight is 384 g/mol. The van der Waals surface area contributed by atoms with E-state index in [0.29, 0.717) is 12.5 Å². The Bertz CT molecular complexity index is 986. The molecule has 0 bridgehead atoms. The molecule has 1 fully saturated rings. The summed E-state index contributed by atoms with van der Waals surface area (Å²) in [5, 5.41) is 4.88. The van der Waals surface area contributed by atoms with Crippen molar-refractivity contribution in [3.8, 4) is 0 Å². The molecule has 2 aromatic rings. The van der Waals surface area contributed by atoms with Crippen LogP contribution in [0, 0.1) is 10.8 Å². The molecule has 0 amide bonds. The maximum absolute atomic E-state index is 12.2. The fourth-order valence-electron chi connectivity index (χ4n) is 6.24. The van der Waals surface area contributed by atoms with Gasteiger partial charge >= 0.3 is 11.4 Å². The number of H-pyrrole nitrogens is 2. The summed E-state index contributed by atoms with van der Waals surface area (Å²) in [6.45, 7) is 12.1. The van der Waals surface area contributed by atoms with Gasteiger partial charge in [0.1, 0.15) is 0 Å². The molecule has 2 aliphatic rings. The molecule has 2 aliphatic carbocycles. The van der Waals surface area contributed by atoms with Crippen molar-refractivity contribution in [3.05, 3.63) is 55.9 Å². The van der Waals surface area contributed by atoms with E-state index in [1.54, 1.807) is 0 Å². The average Bonchev–Trinajstić information content (AvgIpc) is 2.95. The molecule has 4 rings (SSSR count). The maximum atomic E-state index is 12.2. The van der Waals surface area contributed by atoms with Crippen LogP contribution in [0.5, 0.6) is 0 Å². The zero-order valence-electron chi connectivity index (χ0n) is 17.8. The van der Waals surface area contributed by atoms with E-state index in [-0.39, 0.29) is 27.6 Å². The summed E-state index contributed by atoms with van der Waals surface area (Å²) in [5.41, 5.74) is 3.67. The number of hydrogen-bond donors (Lipinski definition) is 2. The Labute approximate surface area is 166 Å². The SMILES string of the molecule is CC(C)c1ccc2c(c1)CC[C@@]1(C)[C@@](C)(Cn3c(=O)[nH][nH]c3=O)CCC[C@@]21C. The monoisotopic (exact) mass is 383 g/mol. The Morgan fingerprint density at radius 2 is 1.71 bits per heavy atom. The van der Waals surface area contributed by atoms with E-state index in [1.165, 1.54) is 21.3 Å². The fourth-order valence-corrected chi connectivity index (χ4v) is 6.24. The summed E-state index contributed by atoms with van der Waals surface area (Å²) < 4.78 is 1.36. The van der Waals surface area contributed by atoms with Gasteiger partial charge in [-0.05, 0) is 64.5 Å². The van der Waals surface area contributed by atoms with Gasteiger partial charge in [-0.3, -0.25) is 0 Å². The fraction of sp³-hybridized carbons (Fsp3) is 0.652. The van der Waals surface area contributed by atoms with Gasteiger partial charge in [-0.1, -0.05) is 59.2 Å². The van der Waals surface area contributed by atoms with Crippen molar-refractivity contribution in [2.75, 3.05) is 0 Å². The van der Waals surface area contributed by atoms with Crippen molar-refractivity contribution in [1.29, 1.82) is 0 Å². The van der Waals surface area contributed by atoms with E-state index in [9.17, 15) is 9.59 Å². The zero-order valence-corrected chi connectivity index (χ0v) is 17.8. The largest absolute Gasteiger partial charge is 0.344 e. The summed E-state index contributed by atoms with van der Waals surface area (Å²) in [6.07, 6.45) is 5.47. The Morgan fingerprint density at radius 1 is 1.04 bits per heavy atom. The number of aromatic amines is 2. The van der Waals surface area contributed by atoms with Crippen molar-refractivity contribution in [2.45, 2.75) is 84.6 Å². The molecule has 5 heteroatoms. The van der Waals surface area contributed by atoms with E-state index in [4.69, 9.17) is 0 Å². The molecular formula is C23H33N3O2. The lowest BCUT2D eigenvalue weighted by molar-refractivity contribution is -0.0796. The number of nitrogens with zero attached hydrogens (tertiary/aromatic N) is 1. The lowest BCUT2D eigenvalue weighted by Gasteiger charge is -2.63. The van der Waals surface area contributed by atoms with Gasteiger partial charge < -0.3 is 0 Å². The highest BCUT2D eigenvalue weighted by molar-refractivity contribution is 5.43. The maximum Gasteiger partial charge on any atom is 0.344 e. The molecule has 1 heterocycles. The van der Waals surface area contributed by atoms with Crippen LogP contribution >= 0.6 is 0 Å². The van der Waals surface area contributed by atoms with Gasteiger partial charge in [-0.15, -0.1) is 0 Å². The number of rotatable bonds is 3. The molecule has 152 valence electrons. The highest BCUT2D eigenvalue weighted by Gasteiger charge is 2.60. The molecule has 0 saturated heterocycles. The Kier molecular flexibility index (Phi) is 4.29. The zero-order chi connectivity index (χ0) is 20.3. The summed E-state index contributed by atoms with van der Waals surface area (Å²) in [7, 11) is 0. The highest BCUT2D eigenvalue weighted by Crippen LogP contribution is 2.65. The van der Waals surface area contributed by atoms with E-state index < -0.39 is 0 Å². The molecule has 1 saturated carbocycles. The molecule has 28 heavy (non-hydrogen) atoms. The predicted octanol–water partition coefficient (Wildman–Crippen LogP) is 4.09. The third kappa shape index (κ3) is 2.51. The van der Waals surface area contributed by atoms with Crippen LogP contribution in [-0.4, -0.2) is 14.8 Å². The van der Waals surface area contributed by atoms with Gasteiger partial charge in [0.15, 0.2) is 0 Å². The van der Waals surface area contributed by atoms with Gasteiger partial charge in [0, 0.05) is 6.54 Å². The summed E-state index contributed by atoms with van der Waals surface area (Å²) in [5.74, 6) is 0.537. The summed E-state index contributed by atoms with van der Waals surface area (Å²) >= 11 is 0. The van der Waals surface area contributed by atoms with Crippen LogP contribution in [0.1, 0.15) is 82.9 Å². The number of benzene rings is 1. The van der Waals surface area contributed by atoms with Crippen LogP contribution in [0.15, 0.2) is 27.8 Å². The van der Waals surface area contributed by atoms with E-state index in [0.717, 1.165) is 32.1 Å². The number of aryl methyl sites for hydroxylation is 1. The minimum atomic E-state index is -0.333. The topological polar surface area (TPSA) is 70.7 Å². The molecule has 1 aromatic carbocycles. The molecule has 0 aliphatic heterocycles. The van der Waals surface area contributed by atoms with Crippen LogP contribution in [0.4, 0.5) is 0 Å². The van der Waals surface area contributed by atoms with E-state index in [2.05, 4.69) is 63.0 Å². The number of hydrogen-bond acceptors (Lipinski definition) is 2. The first-order valence-corrected chi connectivity index (χ1v) is 10.6. The Balaban J connectivity index is 1.81. The quantitative estimate of drug-likeness (QED) is 0.838. The second-order valence-corrected chi connectivity index (χ2v) is 10.1. The van der Waals surface area contributed by atoms with E-state index in [1.807, 2.05) is 0 Å². The summed E-state index contributed by atoms with van der Waals surface area (Å²) in [6, 6.07) is 7.08. The van der Waals surface area contributed by atoms with Crippen LogP contribution in [0.25, 0.3) is 0 Å². The smallest absolute Gasteiger partial charge is 0.247 e. The Morgan fingerprint density at radius 3 is 2.36 bits per heavy atom. The number of nitrogens with one attached hydrogen (secondary N) is 2. The molecular weight excluding hydrogens is 350 g/mol. The molecule has 0 unspecified atom stereocenters.